The van der Waals surface area contributed by atoms with Gasteiger partial charge in [0, 0.05) is 13.2 Å². The lowest BCUT2D eigenvalue weighted by molar-refractivity contribution is -0.145. The van der Waals surface area contributed by atoms with Crippen molar-refractivity contribution >= 4 is 18.0 Å². The summed E-state index contributed by atoms with van der Waals surface area (Å²) in [5.74, 6) is -2.66. The molecular formula is C11H18N2O6. The summed E-state index contributed by atoms with van der Waals surface area (Å²) in [5, 5.41) is 22.1. The van der Waals surface area contributed by atoms with Crippen molar-refractivity contribution in [1.82, 2.24) is 10.6 Å². The van der Waals surface area contributed by atoms with Gasteiger partial charge in [-0.05, 0) is 19.3 Å². The van der Waals surface area contributed by atoms with Gasteiger partial charge in [0.2, 0.25) is 0 Å². The summed E-state index contributed by atoms with van der Waals surface area (Å²) >= 11 is 0. The number of ether oxygens (including phenoxy) is 1. The summed E-state index contributed by atoms with van der Waals surface area (Å²) in [5.41, 5.74) is 0. The number of methoxy groups -OCH3 is 1. The number of urea groups is 1. The quantitative estimate of drug-likeness (QED) is 0.530. The van der Waals surface area contributed by atoms with Crippen LogP contribution in [0.5, 0.6) is 0 Å². The summed E-state index contributed by atoms with van der Waals surface area (Å²) in [6.07, 6.45) is 1.69. The van der Waals surface area contributed by atoms with Gasteiger partial charge in [-0.25, -0.2) is 9.59 Å². The second kappa shape index (κ2) is 6.93. The zero-order chi connectivity index (χ0) is 14.4. The first-order valence-corrected chi connectivity index (χ1v) is 5.96. The molecule has 0 aromatic rings. The van der Waals surface area contributed by atoms with E-state index in [-0.39, 0.29) is 12.1 Å². The highest BCUT2D eigenvalue weighted by Crippen LogP contribution is 2.21. The third-order valence-corrected chi connectivity index (χ3v) is 3.04. The monoisotopic (exact) mass is 274 g/mol. The highest BCUT2D eigenvalue weighted by molar-refractivity contribution is 5.86. The molecule has 0 radical (unpaired) electrons. The van der Waals surface area contributed by atoms with Crippen LogP contribution >= 0.6 is 0 Å². The molecule has 0 saturated heterocycles. The van der Waals surface area contributed by atoms with Crippen LogP contribution in [0.1, 0.15) is 25.7 Å². The standard InChI is InChI=1S/C11H18N2O6/c1-19-7-3-2-6(4-7)12-11(18)13-8(10(16)17)5-9(14)15/h6-8H,2-5H2,1H3,(H,14,15)(H,16,17)(H2,12,13,18). The number of hydrogen-bond acceptors (Lipinski definition) is 4. The van der Waals surface area contributed by atoms with Crippen molar-refractivity contribution in [2.75, 3.05) is 7.11 Å². The van der Waals surface area contributed by atoms with E-state index in [1.165, 1.54) is 0 Å². The van der Waals surface area contributed by atoms with Gasteiger partial charge in [0.15, 0.2) is 0 Å². The maximum Gasteiger partial charge on any atom is 0.326 e. The Hall–Kier alpha value is -1.83. The van der Waals surface area contributed by atoms with Crippen LogP contribution in [0.4, 0.5) is 4.79 Å². The smallest absolute Gasteiger partial charge is 0.326 e. The lowest BCUT2D eigenvalue weighted by Gasteiger charge is -2.17. The van der Waals surface area contributed by atoms with Crippen molar-refractivity contribution in [2.24, 2.45) is 0 Å². The first-order valence-electron chi connectivity index (χ1n) is 5.96. The number of carboxylic acids is 2. The SMILES string of the molecule is COC1CCC(NC(=O)NC(CC(=O)O)C(=O)O)C1. The molecule has 0 aromatic heterocycles. The Morgan fingerprint density at radius 1 is 1.32 bits per heavy atom. The first kappa shape index (κ1) is 15.2. The van der Waals surface area contributed by atoms with Gasteiger partial charge in [0.1, 0.15) is 6.04 Å². The summed E-state index contributed by atoms with van der Waals surface area (Å²) in [7, 11) is 1.60. The van der Waals surface area contributed by atoms with Crippen LogP contribution in [-0.4, -0.2) is 53.5 Å². The summed E-state index contributed by atoms with van der Waals surface area (Å²) in [6.45, 7) is 0. The van der Waals surface area contributed by atoms with Crippen molar-refractivity contribution in [2.45, 2.75) is 43.9 Å². The largest absolute Gasteiger partial charge is 0.481 e. The number of nitrogens with one attached hydrogen (secondary N) is 2. The minimum Gasteiger partial charge on any atom is -0.481 e. The number of carboxylic acid groups (broad SMARTS) is 2. The molecule has 8 nitrogen and oxygen atoms in total. The number of amides is 2. The molecule has 8 heteroatoms. The predicted octanol–water partition coefficient (Wildman–Crippen LogP) is -0.219. The molecule has 1 saturated carbocycles. The Kier molecular flexibility index (Phi) is 5.56. The molecule has 1 fully saturated rings. The molecule has 3 unspecified atom stereocenters. The maximum atomic E-state index is 11.6. The maximum absolute atomic E-state index is 11.6. The highest BCUT2D eigenvalue weighted by Gasteiger charge is 2.28. The fourth-order valence-electron chi connectivity index (χ4n) is 2.05. The number of carbonyl (C=O) groups is 3. The molecule has 108 valence electrons. The van der Waals surface area contributed by atoms with Crippen LogP contribution in [0.15, 0.2) is 0 Å². The van der Waals surface area contributed by atoms with E-state index >= 15 is 0 Å². The number of hydrogen-bond donors (Lipinski definition) is 4. The minimum atomic E-state index is -1.43. The van der Waals surface area contributed by atoms with Crippen molar-refractivity contribution in [3.63, 3.8) is 0 Å². The Morgan fingerprint density at radius 3 is 2.47 bits per heavy atom. The molecule has 0 aliphatic heterocycles. The topological polar surface area (TPSA) is 125 Å². The number of rotatable bonds is 6. The zero-order valence-corrected chi connectivity index (χ0v) is 10.6. The van der Waals surface area contributed by atoms with E-state index in [2.05, 4.69) is 10.6 Å². The Balaban J connectivity index is 2.40. The zero-order valence-electron chi connectivity index (χ0n) is 10.6. The summed E-state index contributed by atoms with van der Waals surface area (Å²) < 4.78 is 5.15. The first-order chi connectivity index (χ1) is 8.92. The Morgan fingerprint density at radius 2 is 2.00 bits per heavy atom. The predicted molar refractivity (Wildman–Crippen MR) is 63.8 cm³/mol. The van der Waals surface area contributed by atoms with Crippen LogP contribution in [0.3, 0.4) is 0 Å². The van der Waals surface area contributed by atoms with Crippen LogP contribution in [-0.2, 0) is 14.3 Å². The third-order valence-electron chi connectivity index (χ3n) is 3.04. The average Bonchev–Trinajstić information content (AvgIpc) is 2.75. The Bertz CT molecular complexity index is 359. The second-order valence-electron chi connectivity index (χ2n) is 4.47. The average molecular weight is 274 g/mol. The fraction of sp³-hybridized carbons (Fsp3) is 0.727. The van der Waals surface area contributed by atoms with E-state index in [1.54, 1.807) is 7.11 Å². The van der Waals surface area contributed by atoms with Crippen LogP contribution in [0, 0.1) is 0 Å². The molecule has 19 heavy (non-hydrogen) atoms. The van der Waals surface area contributed by atoms with E-state index in [9.17, 15) is 14.4 Å². The normalized spacial score (nSPS) is 23.6. The van der Waals surface area contributed by atoms with E-state index in [1.807, 2.05) is 0 Å². The van der Waals surface area contributed by atoms with Crippen molar-refractivity contribution in [1.29, 1.82) is 0 Å². The number of aliphatic carboxylic acids is 2. The molecule has 0 spiro atoms. The van der Waals surface area contributed by atoms with Crippen molar-refractivity contribution in [3.05, 3.63) is 0 Å². The molecular weight excluding hydrogens is 256 g/mol. The lowest BCUT2D eigenvalue weighted by Crippen LogP contribution is -2.49. The van der Waals surface area contributed by atoms with Gasteiger partial charge in [-0.1, -0.05) is 0 Å². The van der Waals surface area contributed by atoms with E-state index in [0.717, 1.165) is 12.8 Å². The van der Waals surface area contributed by atoms with E-state index in [4.69, 9.17) is 14.9 Å². The van der Waals surface area contributed by atoms with E-state index < -0.39 is 30.4 Å². The van der Waals surface area contributed by atoms with Crippen LogP contribution in [0.2, 0.25) is 0 Å². The van der Waals surface area contributed by atoms with Crippen molar-refractivity contribution in [3.8, 4) is 0 Å². The Labute approximate surface area is 110 Å². The van der Waals surface area contributed by atoms with E-state index in [0.29, 0.717) is 6.42 Å². The third kappa shape index (κ3) is 5.12. The van der Waals surface area contributed by atoms with Gasteiger partial charge in [0.05, 0.1) is 12.5 Å². The van der Waals surface area contributed by atoms with Crippen LogP contribution in [0.25, 0.3) is 0 Å². The molecule has 4 N–H and O–H groups in total. The van der Waals surface area contributed by atoms with Gasteiger partial charge in [-0.15, -0.1) is 0 Å². The van der Waals surface area contributed by atoms with Gasteiger partial charge in [-0.3, -0.25) is 4.79 Å². The molecule has 1 aliphatic rings. The molecule has 3 atom stereocenters. The fourth-order valence-corrected chi connectivity index (χ4v) is 2.05. The number of carbonyl (C=O) groups excluding carboxylic acids is 1. The molecule has 0 heterocycles. The molecule has 0 aromatic carbocycles. The molecule has 0 bridgehead atoms. The molecule has 1 aliphatic carbocycles. The molecule has 2 amide bonds. The highest BCUT2D eigenvalue weighted by atomic mass is 16.5. The van der Waals surface area contributed by atoms with Gasteiger partial charge in [-0.2, -0.15) is 0 Å². The van der Waals surface area contributed by atoms with Gasteiger partial charge >= 0.3 is 18.0 Å². The van der Waals surface area contributed by atoms with Gasteiger partial charge < -0.3 is 25.6 Å². The minimum absolute atomic E-state index is 0.0794. The lowest BCUT2D eigenvalue weighted by atomic mass is 10.2. The van der Waals surface area contributed by atoms with Crippen LogP contribution < -0.4 is 10.6 Å². The second-order valence-corrected chi connectivity index (χ2v) is 4.47. The van der Waals surface area contributed by atoms with Gasteiger partial charge in [0.25, 0.3) is 0 Å². The van der Waals surface area contributed by atoms with Crippen molar-refractivity contribution < 1.29 is 29.3 Å². The summed E-state index contributed by atoms with van der Waals surface area (Å²) in [4.78, 5) is 32.8. The molecule has 1 rings (SSSR count). The summed E-state index contributed by atoms with van der Waals surface area (Å²) in [6, 6.07) is -2.18.